The second-order valence-electron chi connectivity index (χ2n) is 5.05. The van der Waals surface area contributed by atoms with Gasteiger partial charge in [-0.1, -0.05) is 17.7 Å². The predicted molar refractivity (Wildman–Crippen MR) is 68.5 cm³/mol. The number of rotatable bonds is 3. The summed E-state index contributed by atoms with van der Waals surface area (Å²) in [6.45, 7) is 4.01. The molecule has 1 aliphatic carbocycles. The van der Waals surface area contributed by atoms with E-state index in [2.05, 4.69) is 0 Å². The highest BCUT2D eigenvalue weighted by molar-refractivity contribution is 6.04. The van der Waals surface area contributed by atoms with Gasteiger partial charge in [-0.05, 0) is 51.2 Å². The molecule has 1 aromatic carbocycles. The normalized spacial score (nSPS) is 18.3. The van der Waals surface area contributed by atoms with Crippen molar-refractivity contribution in [2.24, 2.45) is 0 Å². The molecule has 2 heteroatoms. The molecule has 0 aliphatic heterocycles. The molecular formula is C15H20O2. The molecule has 1 fully saturated rings. The first-order valence-corrected chi connectivity index (χ1v) is 6.26. The summed E-state index contributed by atoms with van der Waals surface area (Å²) in [7, 11) is 1.66. The fraction of sp³-hybridized carbons (Fsp3) is 0.533. The van der Waals surface area contributed by atoms with Gasteiger partial charge in [0.25, 0.3) is 0 Å². The first kappa shape index (κ1) is 12.3. The van der Waals surface area contributed by atoms with Crippen LogP contribution in [0.25, 0.3) is 0 Å². The van der Waals surface area contributed by atoms with Gasteiger partial charge in [-0.15, -0.1) is 0 Å². The lowest BCUT2D eigenvalue weighted by Gasteiger charge is -2.26. The van der Waals surface area contributed by atoms with E-state index in [1.54, 1.807) is 7.11 Å². The third-order valence-electron chi connectivity index (χ3n) is 3.85. The van der Waals surface area contributed by atoms with Crippen molar-refractivity contribution in [3.8, 4) is 0 Å². The van der Waals surface area contributed by atoms with Gasteiger partial charge >= 0.3 is 0 Å². The Morgan fingerprint density at radius 3 is 2.47 bits per heavy atom. The van der Waals surface area contributed by atoms with Gasteiger partial charge in [-0.3, -0.25) is 4.79 Å². The Hall–Kier alpha value is -1.15. The number of hydrogen-bond acceptors (Lipinski definition) is 2. The van der Waals surface area contributed by atoms with Crippen LogP contribution in [0.2, 0.25) is 0 Å². The number of aryl methyl sites for hydroxylation is 2. The van der Waals surface area contributed by atoms with E-state index in [9.17, 15) is 4.79 Å². The Morgan fingerprint density at radius 1 is 1.24 bits per heavy atom. The molecule has 0 heterocycles. The molecule has 2 nitrogen and oxygen atoms in total. The van der Waals surface area contributed by atoms with Crippen molar-refractivity contribution in [2.75, 3.05) is 7.11 Å². The van der Waals surface area contributed by atoms with Crippen molar-refractivity contribution < 1.29 is 9.53 Å². The topological polar surface area (TPSA) is 26.3 Å². The third-order valence-corrected chi connectivity index (χ3v) is 3.85. The van der Waals surface area contributed by atoms with E-state index in [4.69, 9.17) is 4.74 Å². The molecule has 2 rings (SSSR count). The number of carbonyl (C=O) groups excluding carboxylic acids is 1. The smallest absolute Gasteiger partial charge is 0.194 e. The lowest BCUT2D eigenvalue weighted by molar-refractivity contribution is 0.00596. The Bertz CT molecular complexity index is 429. The van der Waals surface area contributed by atoms with Crippen molar-refractivity contribution in [3.63, 3.8) is 0 Å². The Kier molecular flexibility index (Phi) is 3.34. The van der Waals surface area contributed by atoms with Crippen molar-refractivity contribution in [1.82, 2.24) is 0 Å². The van der Waals surface area contributed by atoms with Crippen molar-refractivity contribution in [3.05, 3.63) is 34.9 Å². The lowest BCUT2D eigenvalue weighted by Crippen LogP contribution is -2.38. The number of ketones is 1. The highest BCUT2D eigenvalue weighted by Crippen LogP contribution is 2.36. The minimum atomic E-state index is -0.557. The number of ether oxygens (including phenoxy) is 1. The zero-order valence-corrected chi connectivity index (χ0v) is 10.9. The van der Waals surface area contributed by atoms with Crippen LogP contribution in [0.15, 0.2) is 18.2 Å². The van der Waals surface area contributed by atoms with Crippen LogP contribution < -0.4 is 0 Å². The molecule has 0 unspecified atom stereocenters. The molecule has 92 valence electrons. The maximum absolute atomic E-state index is 12.6. The molecule has 0 N–H and O–H groups in total. The quantitative estimate of drug-likeness (QED) is 0.746. The third kappa shape index (κ3) is 2.14. The summed E-state index contributed by atoms with van der Waals surface area (Å²) in [5.74, 6) is 0.165. The van der Waals surface area contributed by atoms with Crippen LogP contribution in [-0.4, -0.2) is 18.5 Å². The number of hydrogen-bond donors (Lipinski definition) is 0. The van der Waals surface area contributed by atoms with Crippen LogP contribution >= 0.6 is 0 Å². The maximum Gasteiger partial charge on any atom is 0.194 e. The average molecular weight is 232 g/mol. The molecule has 1 aliphatic rings. The van der Waals surface area contributed by atoms with Gasteiger partial charge in [0, 0.05) is 12.7 Å². The SMILES string of the molecule is COC1(C(=O)c2cc(C)ccc2C)CCCC1. The first-order chi connectivity index (χ1) is 8.09. The molecule has 0 spiro atoms. The zero-order chi connectivity index (χ0) is 12.5. The molecule has 1 saturated carbocycles. The zero-order valence-electron chi connectivity index (χ0n) is 10.9. The summed E-state index contributed by atoms with van der Waals surface area (Å²) in [4.78, 5) is 12.6. The van der Waals surface area contributed by atoms with Gasteiger partial charge in [0.2, 0.25) is 0 Å². The number of methoxy groups -OCH3 is 1. The minimum Gasteiger partial charge on any atom is -0.370 e. The van der Waals surface area contributed by atoms with E-state index < -0.39 is 5.60 Å². The van der Waals surface area contributed by atoms with Gasteiger partial charge in [-0.25, -0.2) is 0 Å². The number of carbonyl (C=O) groups is 1. The molecule has 0 radical (unpaired) electrons. The summed E-state index contributed by atoms with van der Waals surface area (Å²) in [5, 5.41) is 0. The van der Waals surface area contributed by atoms with E-state index in [0.29, 0.717) is 0 Å². The minimum absolute atomic E-state index is 0.165. The molecule has 0 bridgehead atoms. The van der Waals surface area contributed by atoms with E-state index in [0.717, 1.165) is 42.4 Å². The molecule has 0 aromatic heterocycles. The summed E-state index contributed by atoms with van der Waals surface area (Å²) in [6.07, 6.45) is 3.89. The van der Waals surface area contributed by atoms with Gasteiger partial charge in [0.15, 0.2) is 5.78 Å². The molecule has 0 atom stereocenters. The Morgan fingerprint density at radius 2 is 1.88 bits per heavy atom. The highest BCUT2D eigenvalue weighted by Gasteiger charge is 2.41. The van der Waals surface area contributed by atoms with E-state index in [-0.39, 0.29) is 5.78 Å². The molecule has 0 amide bonds. The second kappa shape index (κ2) is 4.61. The summed E-state index contributed by atoms with van der Waals surface area (Å²) >= 11 is 0. The monoisotopic (exact) mass is 232 g/mol. The fourth-order valence-electron chi connectivity index (χ4n) is 2.70. The van der Waals surface area contributed by atoms with Crippen LogP contribution in [0.3, 0.4) is 0 Å². The maximum atomic E-state index is 12.6. The Balaban J connectivity index is 2.39. The van der Waals surface area contributed by atoms with Crippen LogP contribution in [0.1, 0.15) is 47.2 Å². The standard InChI is InChI=1S/C15H20O2/c1-11-6-7-12(2)13(10-11)14(16)15(17-3)8-4-5-9-15/h6-7,10H,4-5,8-9H2,1-3H3. The first-order valence-electron chi connectivity index (χ1n) is 6.26. The van der Waals surface area contributed by atoms with Crippen LogP contribution in [0.4, 0.5) is 0 Å². The van der Waals surface area contributed by atoms with Gasteiger partial charge in [0.1, 0.15) is 5.60 Å². The summed E-state index contributed by atoms with van der Waals surface area (Å²) in [5.41, 5.74) is 2.44. The van der Waals surface area contributed by atoms with Crippen LogP contribution in [0, 0.1) is 13.8 Å². The molecular weight excluding hydrogens is 212 g/mol. The van der Waals surface area contributed by atoms with Crippen molar-refractivity contribution in [2.45, 2.75) is 45.1 Å². The lowest BCUT2D eigenvalue weighted by atomic mass is 9.88. The fourth-order valence-corrected chi connectivity index (χ4v) is 2.70. The van der Waals surface area contributed by atoms with E-state index >= 15 is 0 Å². The van der Waals surface area contributed by atoms with Crippen LogP contribution in [-0.2, 0) is 4.74 Å². The second-order valence-corrected chi connectivity index (χ2v) is 5.05. The molecule has 17 heavy (non-hydrogen) atoms. The summed E-state index contributed by atoms with van der Waals surface area (Å²) in [6, 6.07) is 6.04. The van der Waals surface area contributed by atoms with Crippen molar-refractivity contribution >= 4 is 5.78 Å². The largest absolute Gasteiger partial charge is 0.370 e. The highest BCUT2D eigenvalue weighted by atomic mass is 16.5. The van der Waals surface area contributed by atoms with Crippen molar-refractivity contribution in [1.29, 1.82) is 0 Å². The summed E-state index contributed by atoms with van der Waals surface area (Å²) < 4.78 is 5.56. The number of Topliss-reactive ketones (excluding diaryl/α,β-unsaturated/α-hetero) is 1. The van der Waals surface area contributed by atoms with E-state index in [1.165, 1.54) is 0 Å². The van der Waals surface area contributed by atoms with Gasteiger partial charge in [-0.2, -0.15) is 0 Å². The van der Waals surface area contributed by atoms with E-state index in [1.807, 2.05) is 32.0 Å². The van der Waals surface area contributed by atoms with Gasteiger partial charge < -0.3 is 4.74 Å². The number of benzene rings is 1. The molecule has 1 aromatic rings. The van der Waals surface area contributed by atoms with Gasteiger partial charge in [0.05, 0.1) is 0 Å². The molecule has 0 saturated heterocycles. The van der Waals surface area contributed by atoms with Crippen LogP contribution in [0.5, 0.6) is 0 Å². The Labute approximate surface area is 103 Å². The average Bonchev–Trinajstić information content (AvgIpc) is 2.81. The predicted octanol–water partition coefficient (Wildman–Crippen LogP) is 3.45.